The van der Waals surface area contributed by atoms with Crippen LogP contribution in [0.5, 0.6) is 0 Å². The number of piperazine rings is 1. The summed E-state index contributed by atoms with van der Waals surface area (Å²) in [5, 5.41) is 3.06. The van der Waals surface area contributed by atoms with Crippen LogP contribution in [-0.2, 0) is 16.6 Å². The van der Waals surface area contributed by atoms with Crippen molar-refractivity contribution >= 4 is 21.4 Å². The SMILES string of the molecule is CNCc1ccc(S(=O)(=O)N2CC3CCCN3CC2C)s1. The lowest BCUT2D eigenvalue weighted by molar-refractivity contribution is 0.117. The molecule has 1 aromatic heterocycles. The van der Waals surface area contributed by atoms with Crippen molar-refractivity contribution in [1.82, 2.24) is 14.5 Å². The van der Waals surface area contributed by atoms with E-state index in [1.165, 1.54) is 17.8 Å². The summed E-state index contributed by atoms with van der Waals surface area (Å²) in [5.41, 5.74) is 0. The molecule has 0 saturated carbocycles. The maximum Gasteiger partial charge on any atom is 0.252 e. The van der Waals surface area contributed by atoms with Crippen molar-refractivity contribution in [3.05, 3.63) is 17.0 Å². The number of rotatable bonds is 4. The van der Waals surface area contributed by atoms with E-state index >= 15 is 0 Å². The number of nitrogens with one attached hydrogen (secondary N) is 1. The van der Waals surface area contributed by atoms with Crippen LogP contribution in [0.25, 0.3) is 0 Å². The van der Waals surface area contributed by atoms with Gasteiger partial charge in [0.25, 0.3) is 10.0 Å². The van der Waals surface area contributed by atoms with Crippen LogP contribution in [0.4, 0.5) is 0 Å². The Morgan fingerprint density at radius 2 is 2.19 bits per heavy atom. The summed E-state index contributed by atoms with van der Waals surface area (Å²) >= 11 is 1.38. The lowest BCUT2D eigenvalue weighted by Gasteiger charge is -2.41. The van der Waals surface area contributed by atoms with Crippen LogP contribution < -0.4 is 5.32 Å². The first-order chi connectivity index (χ1) is 10.0. The molecule has 3 heterocycles. The van der Waals surface area contributed by atoms with Gasteiger partial charge >= 0.3 is 0 Å². The van der Waals surface area contributed by atoms with Gasteiger partial charge in [0.15, 0.2) is 0 Å². The second-order valence-electron chi connectivity index (χ2n) is 5.97. The van der Waals surface area contributed by atoms with Crippen LogP contribution in [0.2, 0.25) is 0 Å². The summed E-state index contributed by atoms with van der Waals surface area (Å²) in [4.78, 5) is 3.50. The zero-order valence-corrected chi connectivity index (χ0v) is 14.2. The van der Waals surface area contributed by atoms with E-state index in [0.717, 1.165) is 24.4 Å². The fourth-order valence-corrected chi connectivity index (χ4v) is 6.53. The number of thiophene rings is 1. The first-order valence-corrected chi connectivity index (χ1v) is 9.77. The van der Waals surface area contributed by atoms with Crippen molar-refractivity contribution in [1.29, 1.82) is 0 Å². The van der Waals surface area contributed by atoms with E-state index in [4.69, 9.17) is 0 Å². The molecule has 2 unspecified atom stereocenters. The second-order valence-corrected chi connectivity index (χ2v) is 9.25. The average molecular weight is 329 g/mol. The molecule has 0 radical (unpaired) electrons. The van der Waals surface area contributed by atoms with Crippen LogP contribution in [-0.4, -0.2) is 56.4 Å². The Labute approximate surface area is 131 Å². The van der Waals surface area contributed by atoms with Crippen LogP contribution in [0.1, 0.15) is 24.6 Å². The minimum atomic E-state index is -3.35. The standard InChI is InChI=1S/C14H23N3O2S2/c1-11-9-16-7-3-4-12(16)10-17(11)21(18,19)14-6-5-13(20-14)8-15-2/h5-6,11-12,15H,3-4,7-10H2,1-2H3. The van der Waals surface area contributed by atoms with Crippen molar-refractivity contribution in [3.8, 4) is 0 Å². The Bertz CT molecular complexity index is 599. The van der Waals surface area contributed by atoms with E-state index in [-0.39, 0.29) is 6.04 Å². The Morgan fingerprint density at radius 3 is 2.95 bits per heavy atom. The number of hydrogen-bond acceptors (Lipinski definition) is 5. The van der Waals surface area contributed by atoms with E-state index in [2.05, 4.69) is 10.2 Å². The lowest BCUT2D eigenvalue weighted by atomic mass is 10.1. The first kappa shape index (κ1) is 15.4. The average Bonchev–Trinajstić information content (AvgIpc) is 3.06. The van der Waals surface area contributed by atoms with Crippen molar-refractivity contribution < 1.29 is 8.42 Å². The number of fused-ring (bicyclic) bond motifs is 1. The fraction of sp³-hybridized carbons (Fsp3) is 0.714. The molecule has 2 saturated heterocycles. The summed E-state index contributed by atoms with van der Waals surface area (Å²) in [7, 11) is -1.48. The topological polar surface area (TPSA) is 52.7 Å². The van der Waals surface area contributed by atoms with Gasteiger partial charge in [-0.15, -0.1) is 11.3 Å². The molecule has 0 spiro atoms. The van der Waals surface area contributed by atoms with E-state index in [1.54, 1.807) is 10.4 Å². The van der Waals surface area contributed by atoms with Crippen LogP contribution >= 0.6 is 11.3 Å². The quantitative estimate of drug-likeness (QED) is 0.905. The molecule has 2 atom stereocenters. The molecule has 0 bridgehead atoms. The highest BCUT2D eigenvalue weighted by Crippen LogP contribution is 2.31. The molecule has 2 aliphatic heterocycles. The molecule has 2 aliphatic rings. The van der Waals surface area contributed by atoms with Gasteiger partial charge < -0.3 is 5.32 Å². The number of sulfonamides is 1. The maximum absolute atomic E-state index is 12.9. The van der Waals surface area contributed by atoms with Crippen molar-refractivity contribution in [2.75, 3.05) is 26.7 Å². The zero-order chi connectivity index (χ0) is 15.0. The van der Waals surface area contributed by atoms with E-state index in [9.17, 15) is 8.42 Å². The molecule has 21 heavy (non-hydrogen) atoms. The van der Waals surface area contributed by atoms with Gasteiger partial charge in [-0.25, -0.2) is 8.42 Å². The van der Waals surface area contributed by atoms with E-state index < -0.39 is 10.0 Å². The molecule has 1 aromatic rings. The molecule has 118 valence electrons. The minimum absolute atomic E-state index is 0.0548. The largest absolute Gasteiger partial charge is 0.315 e. The highest BCUT2D eigenvalue weighted by Gasteiger charge is 2.40. The van der Waals surface area contributed by atoms with Gasteiger partial charge in [0.05, 0.1) is 0 Å². The van der Waals surface area contributed by atoms with Gasteiger partial charge in [0.2, 0.25) is 0 Å². The predicted molar refractivity (Wildman–Crippen MR) is 85.0 cm³/mol. The summed E-state index contributed by atoms with van der Waals surface area (Å²) in [6, 6.07) is 4.12. The smallest absolute Gasteiger partial charge is 0.252 e. The Balaban J connectivity index is 1.82. The maximum atomic E-state index is 12.9. The Hall–Kier alpha value is -0.470. The molecule has 0 amide bonds. The number of nitrogens with zero attached hydrogens (tertiary/aromatic N) is 2. The molecule has 3 rings (SSSR count). The normalized spacial score (nSPS) is 27.9. The molecule has 1 N–H and O–H groups in total. The molecule has 5 nitrogen and oxygen atoms in total. The van der Waals surface area contributed by atoms with Gasteiger partial charge in [0.1, 0.15) is 4.21 Å². The van der Waals surface area contributed by atoms with Crippen LogP contribution in [0.3, 0.4) is 0 Å². The highest BCUT2D eigenvalue weighted by atomic mass is 32.2. The molecule has 0 aliphatic carbocycles. The third-order valence-corrected chi connectivity index (χ3v) is 7.96. The van der Waals surface area contributed by atoms with Crippen molar-refractivity contribution in [2.45, 2.75) is 42.6 Å². The molecule has 2 fully saturated rings. The van der Waals surface area contributed by atoms with Gasteiger partial charge in [-0.05, 0) is 45.5 Å². The first-order valence-electron chi connectivity index (χ1n) is 7.51. The summed E-state index contributed by atoms with van der Waals surface area (Å²) in [5.74, 6) is 0. The van der Waals surface area contributed by atoms with Crippen molar-refractivity contribution in [2.24, 2.45) is 0 Å². The van der Waals surface area contributed by atoms with Gasteiger partial charge in [-0.3, -0.25) is 4.90 Å². The minimum Gasteiger partial charge on any atom is -0.315 e. The second kappa shape index (κ2) is 5.96. The molecule has 7 heteroatoms. The Morgan fingerprint density at radius 1 is 1.38 bits per heavy atom. The Kier molecular flexibility index (Phi) is 4.38. The molecular weight excluding hydrogens is 306 g/mol. The number of hydrogen-bond donors (Lipinski definition) is 1. The fourth-order valence-electron chi connectivity index (χ4n) is 3.38. The van der Waals surface area contributed by atoms with Gasteiger partial charge in [0, 0.05) is 36.6 Å². The predicted octanol–water partition coefficient (Wildman–Crippen LogP) is 1.32. The van der Waals surface area contributed by atoms with Gasteiger partial charge in [-0.1, -0.05) is 0 Å². The molecular formula is C14H23N3O2S2. The summed E-state index contributed by atoms with van der Waals surface area (Å²) in [6.45, 7) is 5.36. The third-order valence-electron chi connectivity index (χ3n) is 4.43. The zero-order valence-electron chi connectivity index (χ0n) is 12.6. The third kappa shape index (κ3) is 2.90. The van der Waals surface area contributed by atoms with E-state index in [0.29, 0.717) is 23.3 Å². The lowest BCUT2D eigenvalue weighted by Crippen LogP contribution is -2.56. The van der Waals surface area contributed by atoms with E-state index in [1.807, 2.05) is 20.0 Å². The van der Waals surface area contributed by atoms with Gasteiger partial charge in [-0.2, -0.15) is 4.31 Å². The summed E-state index contributed by atoms with van der Waals surface area (Å²) in [6.07, 6.45) is 2.31. The molecule has 0 aromatic carbocycles. The van der Waals surface area contributed by atoms with Crippen molar-refractivity contribution in [3.63, 3.8) is 0 Å². The monoisotopic (exact) mass is 329 g/mol. The summed E-state index contributed by atoms with van der Waals surface area (Å²) < 4.78 is 28.0. The highest BCUT2D eigenvalue weighted by molar-refractivity contribution is 7.91. The van der Waals surface area contributed by atoms with Crippen LogP contribution in [0.15, 0.2) is 16.3 Å². The van der Waals surface area contributed by atoms with Crippen LogP contribution in [0, 0.1) is 0 Å².